The highest BCUT2D eigenvalue weighted by atomic mass is 15.3. The maximum Gasteiger partial charge on any atom is 0.231 e. The van der Waals surface area contributed by atoms with Crippen molar-refractivity contribution < 1.29 is 0 Å². The van der Waals surface area contributed by atoms with E-state index in [0.717, 1.165) is 28.1 Å². The van der Waals surface area contributed by atoms with Crippen LogP contribution >= 0.6 is 0 Å². The van der Waals surface area contributed by atoms with Crippen molar-refractivity contribution in [2.75, 3.05) is 4.90 Å². The van der Waals surface area contributed by atoms with Crippen LogP contribution in [-0.2, 0) is 0 Å². The van der Waals surface area contributed by atoms with Crippen LogP contribution in [0.25, 0.3) is 50.1 Å². The fourth-order valence-corrected chi connectivity index (χ4v) is 7.10. The number of hydrogen-bond acceptors (Lipinski definition) is 3. The van der Waals surface area contributed by atoms with E-state index in [2.05, 4.69) is 157 Å². The van der Waals surface area contributed by atoms with Gasteiger partial charge in [0.25, 0.3) is 0 Å². The number of para-hydroxylation sites is 1. The summed E-state index contributed by atoms with van der Waals surface area (Å²) in [6.07, 6.45) is 4.61. The first-order valence-corrected chi connectivity index (χ1v) is 14.8. The molecule has 9 rings (SSSR count). The molecule has 2 atom stereocenters. The average Bonchev–Trinajstić information content (AvgIpc) is 3.44. The first-order chi connectivity index (χ1) is 21.3. The van der Waals surface area contributed by atoms with Crippen molar-refractivity contribution in [3.63, 3.8) is 0 Å². The predicted octanol–water partition coefficient (Wildman–Crippen LogP) is 9.80. The maximum atomic E-state index is 5.39. The molecule has 0 radical (unpaired) electrons. The van der Waals surface area contributed by atoms with E-state index in [1.165, 1.54) is 44.3 Å². The number of nitrogens with zero attached hydrogens (tertiary/aromatic N) is 3. The molecule has 0 N–H and O–H groups in total. The number of rotatable bonds is 3. The third-order valence-corrected chi connectivity index (χ3v) is 9.01. The van der Waals surface area contributed by atoms with E-state index in [1.807, 2.05) is 0 Å². The Morgan fingerprint density at radius 1 is 0.558 bits per heavy atom. The van der Waals surface area contributed by atoms with Gasteiger partial charge in [-0.15, -0.1) is 0 Å². The number of anilines is 2. The summed E-state index contributed by atoms with van der Waals surface area (Å²) in [5.74, 6) is 0.911. The molecule has 0 saturated carbocycles. The number of aromatic nitrogens is 2. The fraction of sp³-hybridized carbons (Fsp3) is 0.0500. The summed E-state index contributed by atoms with van der Waals surface area (Å²) < 4.78 is 0. The Bertz CT molecular complexity index is 2220. The Morgan fingerprint density at radius 3 is 2.23 bits per heavy atom. The molecule has 1 aliphatic heterocycles. The van der Waals surface area contributed by atoms with Crippen LogP contribution in [0.15, 0.2) is 146 Å². The molecule has 2 heterocycles. The van der Waals surface area contributed by atoms with Gasteiger partial charge in [0.2, 0.25) is 5.95 Å². The topological polar surface area (TPSA) is 29.0 Å². The van der Waals surface area contributed by atoms with Gasteiger partial charge in [0.1, 0.15) is 0 Å². The van der Waals surface area contributed by atoms with Crippen molar-refractivity contribution in [1.29, 1.82) is 0 Å². The summed E-state index contributed by atoms with van der Waals surface area (Å²) in [7, 11) is 0. The molecule has 1 aliphatic carbocycles. The lowest BCUT2D eigenvalue weighted by Gasteiger charge is -2.30. The first kappa shape index (κ1) is 24.1. The molecular weight excluding hydrogens is 522 g/mol. The number of benzene rings is 6. The zero-order valence-electron chi connectivity index (χ0n) is 23.4. The minimum Gasteiger partial charge on any atom is -0.302 e. The highest BCUT2D eigenvalue weighted by Gasteiger charge is 2.43. The van der Waals surface area contributed by atoms with Crippen LogP contribution in [0.3, 0.4) is 0 Å². The lowest BCUT2D eigenvalue weighted by Crippen LogP contribution is -2.31. The Kier molecular flexibility index (Phi) is 5.32. The summed E-state index contributed by atoms with van der Waals surface area (Å²) in [5, 5.41) is 3.60. The predicted molar refractivity (Wildman–Crippen MR) is 178 cm³/mol. The van der Waals surface area contributed by atoms with Gasteiger partial charge >= 0.3 is 0 Å². The second-order valence-electron chi connectivity index (χ2n) is 11.4. The molecule has 6 aromatic carbocycles. The van der Waals surface area contributed by atoms with Crippen LogP contribution in [0.5, 0.6) is 0 Å². The second-order valence-corrected chi connectivity index (χ2v) is 11.4. The largest absolute Gasteiger partial charge is 0.302 e. The summed E-state index contributed by atoms with van der Waals surface area (Å²) in [4.78, 5) is 13.0. The molecule has 202 valence electrons. The minimum atomic E-state index is 0.0698. The van der Waals surface area contributed by atoms with Gasteiger partial charge in [0.15, 0.2) is 0 Å². The molecular formula is C40H27N3. The molecule has 1 aromatic heterocycles. The molecule has 0 bridgehead atoms. The summed E-state index contributed by atoms with van der Waals surface area (Å²) >= 11 is 0. The van der Waals surface area contributed by atoms with Gasteiger partial charge in [-0.05, 0) is 56.8 Å². The third kappa shape index (κ3) is 3.75. The van der Waals surface area contributed by atoms with Crippen LogP contribution in [-0.4, -0.2) is 16.0 Å². The quantitative estimate of drug-likeness (QED) is 0.220. The van der Waals surface area contributed by atoms with E-state index in [0.29, 0.717) is 0 Å². The summed E-state index contributed by atoms with van der Waals surface area (Å²) in [6, 6.07) is 49.7. The molecule has 2 aliphatic rings. The smallest absolute Gasteiger partial charge is 0.231 e. The van der Waals surface area contributed by atoms with Gasteiger partial charge in [-0.1, -0.05) is 133 Å². The highest BCUT2D eigenvalue weighted by molar-refractivity contribution is 5.98. The lowest BCUT2D eigenvalue weighted by molar-refractivity contribution is 0.715. The van der Waals surface area contributed by atoms with Gasteiger partial charge in [-0.3, -0.25) is 0 Å². The van der Waals surface area contributed by atoms with Crippen molar-refractivity contribution >= 4 is 39.4 Å². The molecule has 2 unspecified atom stereocenters. The van der Waals surface area contributed by atoms with Crippen molar-refractivity contribution in [2.24, 2.45) is 0 Å². The van der Waals surface area contributed by atoms with Crippen LogP contribution in [0.4, 0.5) is 11.6 Å². The Morgan fingerprint density at radius 2 is 1.30 bits per heavy atom. The van der Waals surface area contributed by atoms with Gasteiger partial charge in [-0.25, -0.2) is 9.97 Å². The third-order valence-electron chi connectivity index (χ3n) is 9.01. The van der Waals surface area contributed by atoms with Crippen LogP contribution in [0.1, 0.15) is 22.6 Å². The van der Waals surface area contributed by atoms with Gasteiger partial charge in [0.05, 0.1) is 17.3 Å². The normalized spacial score (nSPS) is 16.7. The minimum absolute atomic E-state index is 0.0698. The van der Waals surface area contributed by atoms with E-state index in [1.54, 1.807) is 0 Å². The Balaban J connectivity index is 1.28. The van der Waals surface area contributed by atoms with Crippen LogP contribution < -0.4 is 4.90 Å². The van der Waals surface area contributed by atoms with Gasteiger partial charge in [0, 0.05) is 22.6 Å². The second kappa shape index (κ2) is 9.50. The van der Waals surface area contributed by atoms with Gasteiger partial charge in [-0.2, -0.15) is 0 Å². The highest BCUT2D eigenvalue weighted by Crippen LogP contribution is 2.53. The van der Waals surface area contributed by atoms with Crippen molar-refractivity contribution in [2.45, 2.75) is 12.0 Å². The molecule has 0 amide bonds. The van der Waals surface area contributed by atoms with E-state index in [9.17, 15) is 0 Å². The Hall–Kier alpha value is -5.54. The zero-order valence-corrected chi connectivity index (χ0v) is 23.4. The number of hydrogen-bond donors (Lipinski definition) is 0. The molecule has 43 heavy (non-hydrogen) atoms. The first-order valence-electron chi connectivity index (χ1n) is 14.8. The van der Waals surface area contributed by atoms with E-state index >= 15 is 0 Å². The molecule has 7 aromatic rings. The maximum absolute atomic E-state index is 5.39. The van der Waals surface area contributed by atoms with E-state index < -0.39 is 0 Å². The molecule has 0 fully saturated rings. The monoisotopic (exact) mass is 549 g/mol. The Labute approximate surface area is 250 Å². The van der Waals surface area contributed by atoms with E-state index in [4.69, 9.17) is 9.97 Å². The standard InChI is InChI=1S/C40H27N3/c1-2-11-26(12-3-1)29-15-10-16-30(25-29)39-33-19-8-9-20-34(33)41-40(42-39)43-35-23-21-27-13-4-6-17-31(27)37(35)38-32-18-7-5-14-28(32)22-24-36(38)43/h1-25,35,37H. The molecule has 0 saturated heterocycles. The SMILES string of the molecule is C1=CC2C(c3ccccc31)c1c(ccc3ccccc13)N2c1nc(-c2cccc(-c3ccccc3)c2)c2ccccc2n1. The van der Waals surface area contributed by atoms with E-state index in [-0.39, 0.29) is 12.0 Å². The summed E-state index contributed by atoms with van der Waals surface area (Å²) in [6.45, 7) is 0. The molecule has 0 spiro atoms. The summed E-state index contributed by atoms with van der Waals surface area (Å²) in [5.41, 5.74) is 10.5. The average molecular weight is 550 g/mol. The molecule has 3 nitrogen and oxygen atoms in total. The zero-order chi connectivity index (χ0) is 28.3. The van der Waals surface area contributed by atoms with Crippen molar-refractivity contribution in [3.8, 4) is 22.4 Å². The van der Waals surface area contributed by atoms with Crippen molar-refractivity contribution in [1.82, 2.24) is 9.97 Å². The lowest BCUT2D eigenvalue weighted by atomic mass is 9.80. The fourth-order valence-electron chi connectivity index (χ4n) is 7.10. The van der Waals surface area contributed by atoms with Crippen LogP contribution in [0, 0.1) is 0 Å². The van der Waals surface area contributed by atoms with Gasteiger partial charge < -0.3 is 4.90 Å². The van der Waals surface area contributed by atoms with Crippen molar-refractivity contribution in [3.05, 3.63) is 162 Å². The number of fused-ring (bicyclic) bond motifs is 8. The van der Waals surface area contributed by atoms with Crippen LogP contribution in [0.2, 0.25) is 0 Å². The molecule has 3 heteroatoms.